The second-order valence-electron chi connectivity index (χ2n) is 3.99. The van der Waals surface area contributed by atoms with Gasteiger partial charge < -0.3 is 8.94 Å². The Bertz CT molecular complexity index is 779. The van der Waals surface area contributed by atoms with Gasteiger partial charge in [0.05, 0.1) is 5.56 Å². The zero-order valence-electron chi connectivity index (χ0n) is 9.99. The third kappa shape index (κ3) is 2.83. The van der Waals surface area contributed by atoms with Crippen LogP contribution in [0.2, 0.25) is 0 Å². The molecular weight excluding hydrogens is 320 g/mol. The number of oxazole rings is 1. The van der Waals surface area contributed by atoms with E-state index in [2.05, 4.69) is 4.98 Å². The minimum Gasteiger partial charge on any atom is -0.436 e. The monoisotopic (exact) mass is 327 g/mol. The first-order chi connectivity index (χ1) is 9.53. The number of hydrogen-bond donors (Lipinski definition) is 0. The first-order valence-electron chi connectivity index (χ1n) is 5.67. The second-order valence-corrected chi connectivity index (χ2v) is 8.19. The summed E-state index contributed by atoms with van der Waals surface area (Å²) in [7, 11) is 0. The van der Waals surface area contributed by atoms with Gasteiger partial charge in [-0.2, -0.15) is 0 Å². The van der Waals surface area contributed by atoms with Crippen LogP contribution in [0.25, 0.3) is 22.6 Å². The third-order valence-corrected chi connectivity index (χ3v) is 3.44. The van der Waals surface area contributed by atoms with Crippen LogP contribution in [0, 0.1) is 0 Å². The number of nitrogens with zero attached hydrogens (tertiary/aromatic N) is 1. The van der Waals surface area contributed by atoms with E-state index in [4.69, 9.17) is 31.4 Å². The topological polar surface area (TPSA) is 52.3 Å². The molecule has 20 heavy (non-hydrogen) atoms. The summed E-state index contributed by atoms with van der Waals surface area (Å²) in [5.74, 6) is 0.607. The SMILES string of the molecule is O=P(Cl)(Cl)Oc1ccccc1-c1nc2ccccc2o1. The molecule has 0 unspecified atom stereocenters. The van der Waals surface area contributed by atoms with Crippen LogP contribution in [0.1, 0.15) is 0 Å². The fourth-order valence-electron chi connectivity index (χ4n) is 1.82. The molecule has 0 radical (unpaired) electrons. The quantitative estimate of drug-likeness (QED) is 0.599. The summed E-state index contributed by atoms with van der Waals surface area (Å²) in [5.41, 5.74) is 1.90. The van der Waals surface area contributed by atoms with Gasteiger partial charge in [-0.3, -0.25) is 0 Å². The van der Waals surface area contributed by atoms with E-state index in [0.29, 0.717) is 17.0 Å². The lowest BCUT2D eigenvalue weighted by Gasteiger charge is -2.08. The maximum Gasteiger partial charge on any atom is 0.428 e. The van der Waals surface area contributed by atoms with Gasteiger partial charge >= 0.3 is 6.07 Å². The molecule has 3 aromatic rings. The van der Waals surface area contributed by atoms with Crippen LogP contribution in [0.15, 0.2) is 52.9 Å². The van der Waals surface area contributed by atoms with Crippen molar-refractivity contribution in [2.45, 2.75) is 0 Å². The van der Waals surface area contributed by atoms with Crippen LogP contribution < -0.4 is 4.52 Å². The highest BCUT2D eigenvalue weighted by atomic mass is 35.9. The molecule has 4 nitrogen and oxygen atoms in total. The average Bonchev–Trinajstić information content (AvgIpc) is 2.81. The zero-order chi connectivity index (χ0) is 14.2. The Kier molecular flexibility index (Phi) is 3.47. The van der Waals surface area contributed by atoms with E-state index in [1.807, 2.05) is 24.3 Å². The van der Waals surface area contributed by atoms with Crippen molar-refractivity contribution in [3.8, 4) is 17.2 Å². The van der Waals surface area contributed by atoms with Crippen molar-refractivity contribution >= 4 is 39.7 Å². The lowest BCUT2D eigenvalue weighted by atomic mass is 10.2. The van der Waals surface area contributed by atoms with Crippen LogP contribution in [0.4, 0.5) is 0 Å². The first kappa shape index (κ1) is 13.5. The van der Waals surface area contributed by atoms with E-state index in [0.717, 1.165) is 5.52 Å². The number of aromatic nitrogens is 1. The van der Waals surface area contributed by atoms with Crippen molar-refractivity contribution < 1.29 is 13.5 Å². The van der Waals surface area contributed by atoms with E-state index in [1.165, 1.54) is 0 Å². The fraction of sp³-hybridized carbons (Fsp3) is 0. The van der Waals surface area contributed by atoms with Gasteiger partial charge in [0.25, 0.3) is 0 Å². The van der Waals surface area contributed by atoms with Gasteiger partial charge in [0.2, 0.25) is 5.89 Å². The molecule has 1 heterocycles. The summed E-state index contributed by atoms with van der Waals surface area (Å²) in [6, 6.07) is 14.2. The van der Waals surface area contributed by atoms with Crippen molar-refractivity contribution in [3.05, 3.63) is 48.5 Å². The van der Waals surface area contributed by atoms with E-state index in [9.17, 15) is 4.57 Å². The number of halogens is 2. The molecule has 0 N–H and O–H groups in total. The minimum atomic E-state index is -3.69. The van der Waals surface area contributed by atoms with Gasteiger partial charge in [0.1, 0.15) is 11.3 Å². The number of benzene rings is 2. The molecule has 0 spiro atoms. The number of rotatable bonds is 3. The summed E-state index contributed by atoms with van der Waals surface area (Å²) in [4.78, 5) is 4.35. The molecule has 0 saturated carbocycles. The van der Waals surface area contributed by atoms with Crippen LogP contribution in [-0.2, 0) is 4.57 Å². The van der Waals surface area contributed by atoms with Gasteiger partial charge in [-0.05, 0) is 24.3 Å². The van der Waals surface area contributed by atoms with E-state index in [-0.39, 0.29) is 5.75 Å². The molecule has 0 atom stereocenters. The Morgan fingerprint density at radius 1 is 1.05 bits per heavy atom. The standard InChI is InChI=1S/C13H8Cl2NO3P/c14-20(15,17)19-11-7-3-1-5-9(11)13-16-10-6-2-4-8-12(10)18-13/h1-8H. The molecule has 0 saturated heterocycles. The molecule has 0 amide bonds. The number of para-hydroxylation sites is 3. The van der Waals surface area contributed by atoms with E-state index < -0.39 is 6.07 Å². The Morgan fingerprint density at radius 2 is 1.75 bits per heavy atom. The highest BCUT2D eigenvalue weighted by molar-refractivity contribution is 8.05. The van der Waals surface area contributed by atoms with Crippen LogP contribution in [0.3, 0.4) is 0 Å². The zero-order valence-corrected chi connectivity index (χ0v) is 12.4. The van der Waals surface area contributed by atoms with Crippen molar-refractivity contribution in [2.24, 2.45) is 0 Å². The summed E-state index contributed by atoms with van der Waals surface area (Å²) >= 11 is 10.9. The minimum absolute atomic E-state index is 0.257. The molecule has 7 heteroatoms. The van der Waals surface area contributed by atoms with Gasteiger partial charge in [0, 0.05) is 22.5 Å². The lowest BCUT2D eigenvalue weighted by Crippen LogP contribution is -1.86. The fourth-order valence-corrected chi connectivity index (χ4v) is 2.66. The third-order valence-electron chi connectivity index (χ3n) is 2.62. The molecule has 0 aliphatic heterocycles. The maximum atomic E-state index is 11.4. The molecule has 102 valence electrons. The van der Waals surface area contributed by atoms with Crippen molar-refractivity contribution in [2.75, 3.05) is 0 Å². The predicted octanol–water partition coefficient (Wildman–Crippen LogP) is 5.46. The molecular formula is C13H8Cl2NO3P. The summed E-state index contributed by atoms with van der Waals surface area (Å²) < 4.78 is 22.1. The Morgan fingerprint density at radius 3 is 2.50 bits per heavy atom. The van der Waals surface area contributed by atoms with Gasteiger partial charge in [-0.25, -0.2) is 9.55 Å². The Hall–Kier alpha value is -1.48. The van der Waals surface area contributed by atoms with Gasteiger partial charge in [0.15, 0.2) is 5.58 Å². The summed E-state index contributed by atoms with van der Waals surface area (Å²) in [6.07, 6.45) is -3.69. The molecule has 0 aliphatic rings. The van der Waals surface area contributed by atoms with E-state index in [1.54, 1.807) is 24.3 Å². The Balaban J connectivity index is 2.11. The van der Waals surface area contributed by atoms with E-state index >= 15 is 0 Å². The lowest BCUT2D eigenvalue weighted by molar-refractivity contribution is 0.512. The van der Waals surface area contributed by atoms with Crippen molar-refractivity contribution in [1.82, 2.24) is 4.98 Å². The van der Waals surface area contributed by atoms with Gasteiger partial charge in [-0.15, -0.1) is 0 Å². The van der Waals surface area contributed by atoms with Crippen LogP contribution >= 0.6 is 28.6 Å². The molecule has 3 rings (SSSR count). The highest BCUT2D eigenvalue weighted by Crippen LogP contribution is 2.58. The van der Waals surface area contributed by atoms with Gasteiger partial charge in [-0.1, -0.05) is 24.3 Å². The van der Waals surface area contributed by atoms with Crippen LogP contribution in [0.5, 0.6) is 5.75 Å². The second kappa shape index (κ2) is 5.13. The molecule has 0 bridgehead atoms. The highest BCUT2D eigenvalue weighted by Gasteiger charge is 2.20. The molecule has 2 aromatic carbocycles. The Labute approximate surface area is 124 Å². The summed E-state index contributed by atoms with van der Waals surface area (Å²) in [6.45, 7) is 0. The first-order valence-corrected chi connectivity index (χ1v) is 9.10. The average molecular weight is 328 g/mol. The van der Waals surface area contributed by atoms with Crippen molar-refractivity contribution in [1.29, 1.82) is 0 Å². The predicted molar refractivity (Wildman–Crippen MR) is 79.4 cm³/mol. The maximum absolute atomic E-state index is 11.4. The molecule has 0 fully saturated rings. The number of hydrogen-bond acceptors (Lipinski definition) is 4. The normalized spacial score (nSPS) is 11.7. The number of fused-ring (bicyclic) bond motifs is 1. The molecule has 1 aromatic heterocycles. The largest absolute Gasteiger partial charge is 0.436 e. The smallest absolute Gasteiger partial charge is 0.428 e. The van der Waals surface area contributed by atoms with Crippen LogP contribution in [-0.4, -0.2) is 4.98 Å². The van der Waals surface area contributed by atoms with Crippen molar-refractivity contribution in [3.63, 3.8) is 0 Å². The summed E-state index contributed by atoms with van der Waals surface area (Å²) in [5, 5.41) is 0. The molecule has 0 aliphatic carbocycles.